The summed E-state index contributed by atoms with van der Waals surface area (Å²) < 4.78 is 29.9. The molecule has 3 nitrogen and oxygen atoms in total. The minimum Gasteiger partial charge on any atom is -0.435 e. The van der Waals surface area contributed by atoms with Crippen LogP contribution in [0.5, 0.6) is 5.75 Å². The van der Waals surface area contributed by atoms with E-state index in [-0.39, 0.29) is 29.0 Å². The fraction of sp³-hybridized carbons (Fsp3) is 0.324. The second-order valence-corrected chi connectivity index (χ2v) is 11.8. The Morgan fingerprint density at radius 1 is 1.17 bits per heavy atom. The number of benzene rings is 2. The smallest absolute Gasteiger partial charge is 0.387 e. The normalized spacial score (nSPS) is 19.3. The number of halogens is 2. The lowest BCUT2D eigenvalue weighted by atomic mass is 9.72. The maximum absolute atomic E-state index is 13.6. The van der Waals surface area contributed by atoms with E-state index in [0.29, 0.717) is 12.0 Å². The van der Waals surface area contributed by atoms with Crippen LogP contribution in [0.25, 0.3) is 11.6 Å². The largest absolute Gasteiger partial charge is 0.435 e. The van der Waals surface area contributed by atoms with Gasteiger partial charge >= 0.3 is 6.61 Å². The molecule has 0 aromatic heterocycles. The zero-order valence-electron chi connectivity index (χ0n) is 25.1. The first kappa shape index (κ1) is 31.0. The molecule has 2 aromatic carbocycles. The lowest BCUT2D eigenvalue weighted by Gasteiger charge is -2.34. The first-order chi connectivity index (χ1) is 20.0. The van der Waals surface area contributed by atoms with Gasteiger partial charge in [-0.15, -0.1) is 0 Å². The van der Waals surface area contributed by atoms with Crippen LogP contribution in [0.2, 0.25) is 0 Å². The number of hydrogen-bond donors (Lipinski definition) is 1. The average Bonchev–Trinajstić information content (AvgIpc) is 3.30. The highest BCUT2D eigenvalue weighted by molar-refractivity contribution is 5.81. The standard InChI is InChI=1S/C37H41F2NO2/c1-7-11-29-20-31(27-18-16-26(8-2)17-19-27)22-33(29)24(3)30-13-10-15-34(37(5,6)23-30)35(41)40-25(4)28-12-9-14-32(21-28)42-36(38)39/h7-9,11-14,16-19,21-22,25,34,36H,2-3,10,15,20,23H2,1,4-6H3,(H,40,41)/b11-7-/t25-,34?/m0/s1. The molecular weight excluding hydrogens is 528 g/mol. The van der Waals surface area contributed by atoms with Crippen molar-refractivity contribution >= 4 is 17.6 Å². The van der Waals surface area contributed by atoms with E-state index in [2.05, 4.69) is 85.6 Å². The third-order valence-electron chi connectivity index (χ3n) is 8.34. The van der Waals surface area contributed by atoms with E-state index in [0.717, 1.165) is 36.0 Å². The molecule has 2 atom stereocenters. The van der Waals surface area contributed by atoms with E-state index >= 15 is 0 Å². The molecule has 220 valence electrons. The summed E-state index contributed by atoms with van der Waals surface area (Å²) in [7, 11) is 0. The van der Waals surface area contributed by atoms with Gasteiger partial charge in [-0.25, -0.2) is 0 Å². The Hall–Kier alpha value is -3.99. The molecule has 1 N–H and O–H groups in total. The zero-order valence-corrected chi connectivity index (χ0v) is 25.1. The predicted molar refractivity (Wildman–Crippen MR) is 169 cm³/mol. The number of amides is 1. The number of allylic oxidation sites excluding steroid dienone is 9. The van der Waals surface area contributed by atoms with Crippen molar-refractivity contribution in [2.75, 3.05) is 0 Å². The Morgan fingerprint density at radius 2 is 1.90 bits per heavy atom. The minimum absolute atomic E-state index is 0.0345. The van der Waals surface area contributed by atoms with Crippen molar-refractivity contribution in [3.63, 3.8) is 0 Å². The molecule has 2 aliphatic rings. The van der Waals surface area contributed by atoms with Crippen LogP contribution in [0, 0.1) is 11.3 Å². The van der Waals surface area contributed by atoms with Crippen molar-refractivity contribution in [1.82, 2.24) is 5.32 Å². The van der Waals surface area contributed by atoms with Crippen LogP contribution < -0.4 is 10.1 Å². The Morgan fingerprint density at radius 3 is 2.57 bits per heavy atom. The van der Waals surface area contributed by atoms with Gasteiger partial charge in [0.05, 0.1) is 6.04 Å². The first-order valence-electron chi connectivity index (χ1n) is 14.6. The molecule has 0 bridgehead atoms. The summed E-state index contributed by atoms with van der Waals surface area (Å²) in [5, 5.41) is 3.12. The van der Waals surface area contributed by atoms with Crippen LogP contribution in [-0.2, 0) is 4.79 Å². The maximum atomic E-state index is 13.6. The van der Waals surface area contributed by atoms with Crippen molar-refractivity contribution in [3.8, 4) is 5.75 Å². The van der Waals surface area contributed by atoms with Crippen molar-refractivity contribution in [3.05, 3.63) is 125 Å². The van der Waals surface area contributed by atoms with E-state index in [9.17, 15) is 13.6 Å². The summed E-state index contributed by atoms with van der Waals surface area (Å²) in [6.45, 7) is 13.7. The van der Waals surface area contributed by atoms with E-state index in [1.54, 1.807) is 18.2 Å². The van der Waals surface area contributed by atoms with Crippen LogP contribution in [0.4, 0.5) is 8.78 Å². The van der Waals surface area contributed by atoms with Crippen LogP contribution in [-0.4, -0.2) is 12.5 Å². The highest BCUT2D eigenvalue weighted by atomic mass is 19.3. The van der Waals surface area contributed by atoms with E-state index in [1.807, 2.05) is 19.9 Å². The number of rotatable bonds is 10. The van der Waals surface area contributed by atoms with Crippen molar-refractivity contribution < 1.29 is 18.3 Å². The third kappa shape index (κ3) is 7.25. The Labute approximate surface area is 249 Å². The van der Waals surface area contributed by atoms with Gasteiger partial charge in [-0.2, -0.15) is 8.78 Å². The van der Waals surface area contributed by atoms with Gasteiger partial charge in [-0.05, 0) is 108 Å². The third-order valence-corrected chi connectivity index (χ3v) is 8.34. The molecule has 0 fully saturated rings. The van der Waals surface area contributed by atoms with Crippen molar-refractivity contribution in [1.29, 1.82) is 0 Å². The van der Waals surface area contributed by atoms with Gasteiger partial charge in [0.2, 0.25) is 5.91 Å². The molecule has 0 radical (unpaired) electrons. The van der Waals surface area contributed by atoms with Gasteiger partial charge in [0, 0.05) is 5.92 Å². The molecule has 0 saturated heterocycles. The molecule has 1 amide bonds. The number of carbonyl (C=O) groups is 1. The van der Waals surface area contributed by atoms with Gasteiger partial charge < -0.3 is 10.1 Å². The van der Waals surface area contributed by atoms with Crippen molar-refractivity contribution in [2.24, 2.45) is 11.3 Å². The Balaban J connectivity index is 1.49. The molecule has 4 rings (SSSR count). The minimum atomic E-state index is -2.89. The van der Waals surface area contributed by atoms with E-state index in [1.165, 1.54) is 28.3 Å². The van der Waals surface area contributed by atoms with Gasteiger partial charge in [-0.1, -0.05) is 87.7 Å². The number of nitrogens with one attached hydrogen (secondary N) is 1. The molecule has 0 saturated carbocycles. The monoisotopic (exact) mass is 569 g/mol. The lowest BCUT2D eigenvalue weighted by Crippen LogP contribution is -2.40. The van der Waals surface area contributed by atoms with Crippen LogP contribution >= 0.6 is 0 Å². The molecule has 42 heavy (non-hydrogen) atoms. The Kier molecular flexibility index (Phi) is 9.82. The summed E-state index contributed by atoms with van der Waals surface area (Å²) in [5.74, 6) is -0.174. The molecular formula is C37H41F2NO2. The number of hydrogen-bond acceptors (Lipinski definition) is 2. The number of carbonyl (C=O) groups excluding carboxylic acids is 1. The van der Waals surface area contributed by atoms with Gasteiger partial charge in [0.1, 0.15) is 5.75 Å². The SMILES string of the molecule is C=Cc1ccc(C2=CC(C(=C)C3=CCCC(C(=O)N[C@@H](C)c4cccc(OC(F)F)c4)C(C)(C)C3)=C(/C=C\C)C2)cc1. The van der Waals surface area contributed by atoms with E-state index in [4.69, 9.17) is 0 Å². The number of ether oxygens (including phenoxy) is 1. The molecule has 5 heteroatoms. The van der Waals surface area contributed by atoms with Crippen LogP contribution in [0.15, 0.2) is 108 Å². The van der Waals surface area contributed by atoms with Crippen LogP contribution in [0.1, 0.15) is 76.1 Å². The van der Waals surface area contributed by atoms with Gasteiger partial charge in [0.25, 0.3) is 0 Å². The molecule has 0 aliphatic heterocycles. The lowest BCUT2D eigenvalue weighted by molar-refractivity contribution is -0.129. The zero-order chi connectivity index (χ0) is 30.4. The van der Waals surface area contributed by atoms with Gasteiger partial charge in [0.15, 0.2) is 0 Å². The maximum Gasteiger partial charge on any atom is 0.387 e. The molecule has 2 aromatic rings. The summed E-state index contributed by atoms with van der Waals surface area (Å²) in [6.07, 6.45) is 13.7. The Bertz CT molecular complexity index is 1460. The second kappa shape index (κ2) is 13.3. The topological polar surface area (TPSA) is 38.3 Å². The fourth-order valence-electron chi connectivity index (χ4n) is 6.02. The van der Waals surface area contributed by atoms with Crippen molar-refractivity contribution in [2.45, 2.75) is 66.0 Å². The molecule has 0 spiro atoms. The summed E-state index contributed by atoms with van der Waals surface area (Å²) in [6, 6.07) is 14.6. The molecule has 1 unspecified atom stereocenters. The van der Waals surface area contributed by atoms with Crippen LogP contribution in [0.3, 0.4) is 0 Å². The fourth-order valence-corrected chi connectivity index (χ4v) is 6.02. The summed E-state index contributed by atoms with van der Waals surface area (Å²) in [4.78, 5) is 13.6. The summed E-state index contributed by atoms with van der Waals surface area (Å²) >= 11 is 0. The average molecular weight is 570 g/mol. The van der Waals surface area contributed by atoms with E-state index < -0.39 is 6.61 Å². The quantitative estimate of drug-likeness (QED) is 0.309. The molecule has 0 heterocycles. The molecule has 2 aliphatic carbocycles. The predicted octanol–water partition coefficient (Wildman–Crippen LogP) is 9.78. The first-order valence-corrected chi connectivity index (χ1v) is 14.6. The summed E-state index contributed by atoms with van der Waals surface area (Å²) in [5.41, 5.74) is 8.53. The van der Waals surface area contributed by atoms with Gasteiger partial charge in [-0.3, -0.25) is 4.79 Å². The second-order valence-electron chi connectivity index (χ2n) is 11.8. The number of alkyl halides is 2. The highest BCUT2D eigenvalue weighted by Crippen LogP contribution is 2.45. The highest BCUT2D eigenvalue weighted by Gasteiger charge is 2.38.